The van der Waals surface area contributed by atoms with E-state index in [0.717, 1.165) is 4.88 Å². The Morgan fingerprint density at radius 2 is 2.17 bits per heavy atom. The van der Waals surface area contributed by atoms with Crippen LogP contribution in [-0.4, -0.2) is 39.7 Å². The zero-order valence-corrected chi connectivity index (χ0v) is 13.9. The quantitative estimate of drug-likeness (QED) is 0.701. The molecule has 2 amide bonds. The summed E-state index contributed by atoms with van der Waals surface area (Å²) >= 11 is 1.27. The van der Waals surface area contributed by atoms with Crippen LogP contribution in [0.15, 0.2) is 6.20 Å². The molecule has 1 aliphatic heterocycles. The second-order valence-electron chi connectivity index (χ2n) is 6.23. The summed E-state index contributed by atoms with van der Waals surface area (Å²) in [6.07, 6.45) is 1.97. The molecule has 2 atom stereocenters. The number of amides is 2. The van der Waals surface area contributed by atoms with Crippen LogP contribution in [0.1, 0.15) is 32.1 Å². The fourth-order valence-corrected chi connectivity index (χ4v) is 2.93. The largest absolute Gasteiger partial charge is 0.480 e. The Morgan fingerprint density at radius 3 is 2.74 bits per heavy atom. The maximum absolute atomic E-state index is 11.6. The Hall–Kier alpha value is -2.16. The highest BCUT2D eigenvalue weighted by atomic mass is 32.1. The van der Waals surface area contributed by atoms with Gasteiger partial charge in [-0.15, -0.1) is 11.3 Å². The number of carboxylic acid groups (broad SMARTS) is 1. The van der Waals surface area contributed by atoms with Gasteiger partial charge in [-0.3, -0.25) is 10.1 Å². The molecule has 23 heavy (non-hydrogen) atoms. The first-order valence-corrected chi connectivity index (χ1v) is 7.95. The number of aromatic nitrogens is 1. The molecule has 1 aromatic rings. The smallest absolute Gasteiger partial charge is 0.413 e. The molecule has 126 valence electrons. The molecule has 0 spiro atoms. The van der Waals surface area contributed by atoms with E-state index in [1.54, 1.807) is 27.0 Å². The summed E-state index contributed by atoms with van der Waals surface area (Å²) < 4.78 is 5.13. The first-order valence-electron chi connectivity index (χ1n) is 7.13. The number of thiazole rings is 1. The zero-order valence-electron chi connectivity index (χ0n) is 13.1. The number of aryl methyl sites for hydroxylation is 1. The molecule has 0 unspecified atom stereocenters. The maximum atomic E-state index is 11.6. The van der Waals surface area contributed by atoms with Crippen molar-refractivity contribution in [3.05, 3.63) is 11.1 Å². The number of nitrogens with zero attached hydrogens (tertiary/aromatic N) is 1. The van der Waals surface area contributed by atoms with E-state index < -0.39 is 29.6 Å². The third-order valence-corrected chi connectivity index (χ3v) is 4.14. The number of ether oxygens (including phenoxy) is 1. The van der Waals surface area contributed by atoms with Crippen LogP contribution in [0.5, 0.6) is 0 Å². The van der Waals surface area contributed by atoms with Gasteiger partial charge in [-0.05, 0) is 33.6 Å². The Bertz CT molecular complexity index is 622. The van der Waals surface area contributed by atoms with Crippen molar-refractivity contribution in [2.75, 3.05) is 5.32 Å². The monoisotopic (exact) mass is 341 g/mol. The molecule has 3 N–H and O–H groups in total. The molecule has 9 heteroatoms. The molecule has 1 aromatic heterocycles. The molecule has 0 aliphatic carbocycles. The van der Waals surface area contributed by atoms with Crippen LogP contribution in [0.2, 0.25) is 0 Å². The van der Waals surface area contributed by atoms with E-state index in [-0.39, 0.29) is 5.91 Å². The lowest BCUT2D eigenvalue weighted by molar-refractivity contribution is -0.153. The number of carboxylic acids is 1. The number of carbonyl (C=O) groups is 3. The first-order chi connectivity index (χ1) is 10.7. The van der Waals surface area contributed by atoms with Crippen LogP contribution in [0.25, 0.3) is 0 Å². The van der Waals surface area contributed by atoms with Crippen LogP contribution >= 0.6 is 11.3 Å². The van der Waals surface area contributed by atoms with Gasteiger partial charge in [0, 0.05) is 11.1 Å². The second kappa shape index (κ2) is 6.53. The van der Waals surface area contributed by atoms with Crippen LogP contribution in [0.4, 0.5) is 9.93 Å². The van der Waals surface area contributed by atoms with E-state index in [1.807, 2.05) is 0 Å². The molecule has 1 aliphatic rings. The van der Waals surface area contributed by atoms with Gasteiger partial charge in [-0.25, -0.2) is 14.6 Å². The standard InChI is InChI=1S/C14H19N3O5S/c1-14(2,3)22-13(21)17-12-15-6-7(23-12)4-5-8-9(11(19)20)16-10(8)18/h6,8-9H,4-5H2,1-3H3,(H,16,18)(H,19,20)(H,15,17,21)/t8-,9-/m1/s1. The lowest BCUT2D eigenvalue weighted by Crippen LogP contribution is -2.61. The van der Waals surface area contributed by atoms with Crippen LogP contribution < -0.4 is 10.6 Å². The predicted octanol–water partition coefficient (Wildman–Crippen LogP) is 1.62. The number of hydrogen-bond acceptors (Lipinski definition) is 6. The minimum Gasteiger partial charge on any atom is -0.480 e. The van der Waals surface area contributed by atoms with Crippen molar-refractivity contribution in [1.82, 2.24) is 10.3 Å². The minimum atomic E-state index is -1.02. The van der Waals surface area contributed by atoms with Gasteiger partial charge in [-0.2, -0.15) is 0 Å². The molecule has 0 bridgehead atoms. The summed E-state index contributed by atoms with van der Waals surface area (Å²) in [5.74, 6) is -1.78. The Morgan fingerprint density at radius 1 is 1.48 bits per heavy atom. The lowest BCUT2D eigenvalue weighted by atomic mass is 9.86. The summed E-state index contributed by atoms with van der Waals surface area (Å²) in [6.45, 7) is 5.30. The normalized spacial score (nSPS) is 20.4. The van der Waals surface area contributed by atoms with Crippen molar-refractivity contribution in [3.63, 3.8) is 0 Å². The Balaban J connectivity index is 1.84. The molecule has 0 aromatic carbocycles. The summed E-state index contributed by atoms with van der Waals surface area (Å²) in [5, 5.41) is 14.2. The van der Waals surface area contributed by atoms with Crippen molar-refractivity contribution in [3.8, 4) is 0 Å². The van der Waals surface area contributed by atoms with Crippen LogP contribution in [0, 0.1) is 5.92 Å². The summed E-state index contributed by atoms with van der Waals surface area (Å²) in [6, 6.07) is -0.810. The van der Waals surface area contributed by atoms with Gasteiger partial charge in [0.05, 0.1) is 5.92 Å². The van der Waals surface area contributed by atoms with Gasteiger partial charge in [-0.1, -0.05) is 0 Å². The molecule has 1 saturated heterocycles. The molecule has 2 heterocycles. The number of aliphatic carboxylic acids is 1. The number of rotatable bonds is 5. The highest BCUT2D eigenvalue weighted by Gasteiger charge is 2.43. The summed E-state index contributed by atoms with van der Waals surface area (Å²) in [5.41, 5.74) is -0.590. The molecule has 8 nitrogen and oxygen atoms in total. The third kappa shape index (κ3) is 4.65. The van der Waals surface area contributed by atoms with Gasteiger partial charge < -0.3 is 15.2 Å². The van der Waals surface area contributed by atoms with Gasteiger partial charge in [0.2, 0.25) is 5.91 Å². The Labute approximate surface area is 137 Å². The van der Waals surface area contributed by atoms with Crippen LogP contribution in [0.3, 0.4) is 0 Å². The summed E-state index contributed by atoms with van der Waals surface area (Å²) in [4.78, 5) is 38.9. The fourth-order valence-electron chi connectivity index (χ4n) is 2.12. The van der Waals surface area contributed by atoms with Crippen molar-refractivity contribution in [2.45, 2.75) is 45.3 Å². The van der Waals surface area contributed by atoms with E-state index in [2.05, 4.69) is 15.6 Å². The fraction of sp³-hybridized carbons (Fsp3) is 0.571. The SMILES string of the molecule is CC(C)(C)OC(=O)Nc1ncc(CC[C@H]2C(=O)N[C@H]2C(=O)O)s1. The molecule has 0 saturated carbocycles. The molecule has 0 radical (unpaired) electrons. The number of hydrogen-bond donors (Lipinski definition) is 3. The highest BCUT2D eigenvalue weighted by Crippen LogP contribution is 2.25. The van der Waals surface area contributed by atoms with Crippen molar-refractivity contribution < 1.29 is 24.2 Å². The third-order valence-electron chi connectivity index (χ3n) is 3.17. The predicted molar refractivity (Wildman–Crippen MR) is 83.3 cm³/mol. The summed E-state index contributed by atoms with van der Waals surface area (Å²) in [7, 11) is 0. The topological polar surface area (TPSA) is 118 Å². The van der Waals surface area contributed by atoms with E-state index in [9.17, 15) is 14.4 Å². The van der Waals surface area contributed by atoms with Crippen molar-refractivity contribution in [1.29, 1.82) is 0 Å². The van der Waals surface area contributed by atoms with Crippen molar-refractivity contribution in [2.24, 2.45) is 5.92 Å². The molecule has 2 rings (SSSR count). The first kappa shape index (κ1) is 17.2. The average Bonchev–Trinajstić information content (AvgIpc) is 2.80. The highest BCUT2D eigenvalue weighted by molar-refractivity contribution is 7.15. The van der Waals surface area contributed by atoms with E-state index in [1.165, 1.54) is 11.3 Å². The molecular formula is C14H19N3O5S. The molecular weight excluding hydrogens is 322 g/mol. The van der Waals surface area contributed by atoms with E-state index in [4.69, 9.17) is 9.84 Å². The average molecular weight is 341 g/mol. The lowest BCUT2D eigenvalue weighted by Gasteiger charge is -2.33. The number of anilines is 1. The van der Waals surface area contributed by atoms with Gasteiger partial charge in [0.15, 0.2) is 5.13 Å². The number of β-lactam (4-membered cyclic amide) rings is 1. The number of nitrogens with one attached hydrogen (secondary N) is 2. The van der Waals surface area contributed by atoms with Gasteiger partial charge in [0.1, 0.15) is 11.6 Å². The minimum absolute atomic E-state index is 0.242. The van der Waals surface area contributed by atoms with E-state index in [0.29, 0.717) is 18.0 Å². The van der Waals surface area contributed by atoms with Gasteiger partial charge >= 0.3 is 12.1 Å². The van der Waals surface area contributed by atoms with Crippen LogP contribution in [-0.2, 0) is 20.7 Å². The Kier molecular flexibility index (Phi) is 4.88. The maximum Gasteiger partial charge on any atom is 0.413 e. The van der Waals surface area contributed by atoms with E-state index >= 15 is 0 Å². The second-order valence-corrected chi connectivity index (χ2v) is 7.34. The zero-order chi connectivity index (χ0) is 17.2. The van der Waals surface area contributed by atoms with Crippen molar-refractivity contribution >= 4 is 34.4 Å². The van der Waals surface area contributed by atoms with Gasteiger partial charge in [0.25, 0.3) is 0 Å². The molecule has 1 fully saturated rings. The number of carbonyl (C=O) groups excluding carboxylic acids is 2.